The highest BCUT2D eigenvalue weighted by Crippen LogP contribution is 2.40. The first-order valence-corrected chi connectivity index (χ1v) is 13.5. The minimum Gasteiger partial charge on any atom is -0.543 e. The van der Waals surface area contributed by atoms with E-state index in [0.717, 1.165) is 17.5 Å². The molecule has 2 aliphatic heterocycles. The molecule has 2 atom stereocenters. The smallest absolute Gasteiger partial charge is 0.253 e. The van der Waals surface area contributed by atoms with Gasteiger partial charge in [-0.25, -0.2) is 0 Å². The van der Waals surface area contributed by atoms with Gasteiger partial charge >= 0.3 is 0 Å². The highest BCUT2D eigenvalue weighted by Gasteiger charge is 2.53. The molecule has 1 aromatic carbocycles. The second-order valence-corrected chi connectivity index (χ2v) is 11.0. The summed E-state index contributed by atoms with van der Waals surface area (Å²) >= 11 is 20.6. The Balaban J connectivity index is 1.44. The molecule has 0 unspecified atom stereocenters. The van der Waals surface area contributed by atoms with Gasteiger partial charge in [0.15, 0.2) is 18.4 Å². The van der Waals surface area contributed by atoms with E-state index in [9.17, 15) is 19.5 Å². The number of carboxylic acids is 1. The van der Waals surface area contributed by atoms with E-state index >= 15 is 0 Å². The molecule has 0 spiro atoms. The molecule has 2 aromatic rings. The molecule has 184 valence electrons. The van der Waals surface area contributed by atoms with Gasteiger partial charge in [-0.2, -0.15) is 4.57 Å². The molecule has 2 aliphatic rings. The third kappa shape index (κ3) is 5.42. The quantitative estimate of drug-likeness (QED) is 0.213. The van der Waals surface area contributed by atoms with Crippen LogP contribution in [0.25, 0.3) is 0 Å². The molecular weight excluding hydrogens is 555 g/mol. The zero-order chi connectivity index (χ0) is 25.3. The van der Waals surface area contributed by atoms with Gasteiger partial charge in [-0.05, 0) is 12.1 Å². The molecule has 4 rings (SSSR count). The van der Waals surface area contributed by atoms with Crippen molar-refractivity contribution in [1.29, 1.82) is 0 Å². The summed E-state index contributed by atoms with van der Waals surface area (Å²) in [5.74, 6) is -1.97. The molecule has 8 nitrogen and oxygen atoms in total. The summed E-state index contributed by atoms with van der Waals surface area (Å²) in [5, 5.41) is 15.1. The first kappa shape index (κ1) is 26.1. The van der Waals surface area contributed by atoms with Gasteiger partial charge in [0.2, 0.25) is 5.91 Å². The fourth-order valence-electron chi connectivity index (χ4n) is 3.82. The normalized spacial score (nSPS) is 19.3. The number of pyridine rings is 1. The Hall–Kier alpha value is -1.95. The Bertz CT molecular complexity index is 1240. The molecule has 0 bridgehead atoms. The Morgan fingerprint density at radius 2 is 1.97 bits per heavy atom. The fourth-order valence-corrected chi connectivity index (χ4v) is 6.70. The number of nitrogens with zero attached hydrogens (tertiary/aromatic N) is 2. The number of carboxylic acid groups (broad SMARTS) is 1. The zero-order valence-electron chi connectivity index (χ0n) is 18.0. The van der Waals surface area contributed by atoms with Crippen molar-refractivity contribution in [2.24, 2.45) is 5.73 Å². The largest absolute Gasteiger partial charge is 0.543 e. The lowest BCUT2D eigenvalue weighted by Gasteiger charge is -2.50. The summed E-state index contributed by atoms with van der Waals surface area (Å²) in [6.45, 7) is 0.547. The number of aliphatic carboxylic acids is 1. The third-order valence-corrected chi connectivity index (χ3v) is 9.04. The lowest BCUT2D eigenvalue weighted by atomic mass is 10.0. The number of fused-ring (bicyclic) bond motifs is 1. The molecule has 2 amide bonds. The average molecular weight is 574 g/mol. The van der Waals surface area contributed by atoms with Gasteiger partial charge in [0.25, 0.3) is 5.91 Å². The number of aromatic nitrogens is 1. The van der Waals surface area contributed by atoms with E-state index in [2.05, 4.69) is 5.32 Å². The summed E-state index contributed by atoms with van der Waals surface area (Å²) in [6, 6.07) is 7.74. The number of amides is 2. The van der Waals surface area contributed by atoms with Gasteiger partial charge in [0.05, 0.1) is 39.0 Å². The van der Waals surface area contributed by atoms with Crippen LogP contribution >= 0.6 is 58.3 Å². The number of nitrogens with two attached hydrogens (primary N) is 1. The van der Waals surface area contributed by atoms with Gasteiger partial charge in [-0.3, -0.25) is 14.5 Å². The van der Waals surface area contributed by atoms with Crippen molar-refractivity contribution >= 4 is 76.1 Å². The average Bonchev–Trinajstić information content (AvgIpc) is 2.83. The molecule has 1 saturated heterocycles. The van der Waals surface area contributed by atoms with E-state index in [1.807, 2.05) is 22.8 Å². The second-order valence-electron chi connectivity index (χ2n) is 7.70. The molecule has 3 heterocycles. The van der Waals surface area contributed by atoms with E-state index in [0.29, 0.717) is 31.3 Å². The van der Waals surface area contributed by atoms with Gasteiger partial charge in [0, 0.05) is 28.4 Å². The van der Waals surface area contributed by atoms with Crippen LogP contribution in [0.3, 0.4) is 0 Å². The molecule has 1 aromatic heterocycles. The number of hydrogen-bond donors (Lipinski definition) is 2. The van der Waals surface area contributed by atoms with Crippen molar-refractivity contribution in [1.82, 2.24) is 10.2 Å². The van der Waals surface area contributed by atoms with Crippen LogP contribution in [0.4, 0.5) is 0 Å². The molecule has 0 aliphatic carbocycles. The van der Waals surface area contributed by atoms with E-state index in [4.69, 9.17) is 40.5 Å². The Labute approximate surface area is 224 Å². The van der Waals surface area contributed by atoms with Crippen molar-refractivity contribution in [2.45, 2.75) is 29.4 Å². The van der Waals surface area contributed by atoms with Gasteiger partial charge in [-0.15, -0.1) is 23.5 Å². The van der Waals surface area contributed by atoms with Gasteiger partial charge < -0.3 is 21.0 Å². The Kier molecular flexibility index (Phi) is 8.19. The first-order chi connectivity index (χ1) is 16.7. The maximum atomic E-state index is 12.9. The van der Waals surface area contributed by atoms with Crippen molar-refractivity contribution in [3.8, 4) is 0 Å². The van der Waals surface area contributed by atoms with E-state index in [1.165, 1.54) is 22.7 Å². The number of hydrogen-bond acceptors (Lipinski definition) is 7. The maximum absolute atomic E-state index is 12.9. The standard InChI is InChI=1S/C22H19Cl3N4O4S2/c23-13-5-15(25)16(6-14(13)24)34-10-17(30)27-18-20(31)29-19(22(32)33)11(9-35-21(18)29)8-28-4-2-1-3-12(28)7-26/h1-6,18,21H,7-10,26H2,(H-,27,30,32,33)/t18-,21-/m1/s1. The van der Waals surface area contributed by atoms with Crippen LogP contribution in [0.15, 0.2) is 52.7 Å². The first-order valence-electron chi connectivity index (χ1n) is 10.3. The summed E-state index contributed by atoms with van der Waals surface area (Å²) in [7, 11) is 0. The summed E-state index contributed by atoms with van der Waals surface area (Å²) in [4.78, 5) is 39.1. The number of carbonyl (C=O) groups is 3. The van der Waals surface area contributed by atoms with E-state index < -0.39 is 29.2 Å². The second kappa shape index (κ2) is 11.0. The number of benzene rings is 1. The summed E-state index contributed by atoms with van der Waals surface area (Å²) in [6.07, 6.45) is 1.80. The molecule has 3 N–H and O–H groups in total. The monoisotopic (exact) mass is 572 g/mol. The number of thioether (sulfide) groups is 2. The Morgan fingerprint density at radius 1 is 1.23 bits per heavy atom. The predicted octanol–water partition coefficient (Wildman–Crippen LogP) is 1.59. The molecular formula is C22H19Cl3N4O4S2. The lowest BCUT2D eigenvalue weighted by molar-refractivity contribution is -0.696. The molecule has 1 fully saturated rings. The highest BCUT2D eigenvalue weighted by molar-refractivity contribution is 8.00. The third-order valence-electron chi connectivity index (χ3n) is 5.50. The zero-order valence-corrected chi connectivity index (χ0v) is 21.9. The van der Waals surface area contributed by atoms with Crippen molar-refractivity contribution in [3.63, 3.8) is 0 Å². The minimum absolute atomic E-state index is 0.0141. The maximum Gasteiger partial charge on any atom is 0.253 e. The van der Waals surface area contributed by atoms with Gasteiger partial charge in [-0.1, -0.05) is 40.9 Å². The summed E-state index contributed by atoms with van der Waals surface area (Å²) in [5.41, 5.74) is 7.00. The molecule has 0 radical (unpaired) electrons. The van der Waals surface area contributed by atoms with Crippen molar-refractivity contribution in [2.75, 3.05) is 11.5 Å². The number of carbonyl (C=O) groups excluding carboxylic acids is 3. The fraction of sp³-hybridized carbons (Fsp3) is 0.273. The van der Waals surface area contributed by atoms with Crippen LogP contribution in [0, 0.1) is 0 Å². The molecule has 0 saturated carbocycles. The number of nitrogens with one attached hydrogen (secondary N) is 1. The lowest BCUT2D eigenvalue weighted by Crippen LogP contribution is -2.71. The molecule has 13 heteroatoms. The number of rotatable bonds is 8. The van der Waals surface area contributed by atoms with Crippen molar-refractivity contribution < 1.29 is 24.1 Å². The van der Waals surface area contributed by atoms with E-state index in [-0.39, 0.29) is 24.5 Å². The van der Waals surface area contributed by atoms with Crippen LogP contribution in [-0.4, -0.2) is 45.6 Å². The topological polar surface area (TPSA) is 119 Å². The summed E-state index contributed by atoms with van der Waals surface area (Å²) < 4.78 is 1.84. The highest BCUT2D eigenvalue weighted by atomic mass is 35.5. The Morgan fingerprint density at radius 3 is 2.69 bits per heavy atom. The van der Waals surface area contributed by atoms with E-state index in [1.54, 1.807) is 12.3 Å². The van der Waals surface area contributed by atoms with Crippen LogP contribution in [-0.2, 0) is 27.5 Å². The molecule has 35 heavy (non-hydrogen) atoms. The van der Waals surface area contributed by atoms with Crippen LogP contribution in [0.5, 0.6) is 0 Å². The van der Waals surface area contributed by atoms with Crippen LogP contribution < -0.4 is 20.7 Å². The van der Waals surface area contributed by atoms with Crippen molar-refractivity contribution in [3.05, 3.63) is 68.6 Å². The number of β-lactam (4-membered cyclic amide) rings is 1. The SMILES string of the molecule is NCc1cccc[n+]1CC1=C(C(=O)[O-])N2C(=O)[C@@H](NC(=O)CSc3cc(Cl)c(Cl)cc3Cl)[C@H]2SC1. The minimum atomic E-state index is -1.43. The predicted molar refractivity (Wildman–Crippen MR) is 134 cm³/mol. The van der Waals surface area contributed by atoms with Crippen LogP contribution in [0.2, 0.25) is 15.1 Å². The van der Waals surface area contributed by atoms with Gasteiger partial charge in [0.1, 0.15) is 11.4 Å². The van der Waals surface area contributed by atoms with Crippen LogP contribution in [0.1, 0.15) is 5.69 Å². The number of halogens is 3.